The molecule has 8 rings (SSSR count). The number of hydrogen-bond acceptors (Lipinski definition) is 41. The maximum absolute atomic E-state index is 12.9. The first kappa shape index (κ1) is 80.6. The number of nitrogens with one attached hydrogen (secondary N) is 3. The summed E-state index contributed by atoms with van der Waals surface area (Å²) in [5.74, 6) is -2.71. The summed E-state index contributed by atoms with van der Waals surface area (Å²) in [4.78, 5) is 38.6. The zero-order valence-electron chi connectivity index (χ0n) is 52.4. The molecular weight excluding hydrogens is 1350 g/mol. The molecule has 3 amide bonds. The van der Waals surface area contributed by atoms with Gasteiger partial charge < -0.3 is 204 Å². The van der Waals surface area contributed by atoms with Crippen LogP contribution in [0, 0.1) is 0 Å². The Morgan fingerprint density at radius 3 is 0.939 bits per heavy atom. The lowest BCUT2D eigenvalue weighted by atomic mass is 9.94. The molecular formula is C54H91N3O41. The first-order chi connectivity index (χ1) is 46.4. The van der Waals surface area contributed by atoms with Crippen molar-refractivity contribution in [2.45, 2.75) is 266 Å². The second-order valence-corrected chi connectivity index (χ2v) is 24.6. The summed E-state index contributed by atoms with van der Waals surface area (Å²) in [6.45, 7) is -5.37. The van der Waals surface area contributed by atoms with Gasteiger partial charge in [-0.15, -0.1) is 0 Å². The molecule has 0 bridgehead atoms. The van der Waals surface area contributed by atoms with Crippen LogP contribution in [-0.2, 0) is 85.4 Å². The molecule has 8 aliphatic heterocycles. The molecule has 8 aliphatic rings. The molecule has 8 heterocycles. The van der Waals surface area contributed by atoms with Gasteiger partial charge in [-0.3, -0.25) is 14.4 Å². The van der Waals surface area contributed by atoms with Crippen molar-refractivity contribution in [3.63, 3.8) is 0 Å². The normalized spacial score (nSPS) is 49.5. The third kappa shape index (κ3) is 17.5. The van der Waals surface area contributed by atoms with Crippen molar-refractivity contribution < 1.29 is 203 Å². The molecule has 0 aliphatic carbocycles. The molecule has 0 saturated carbocycles. The van der Waals surface area contributed by atoms with E-state index in [1.165, 1.54) is 0 Å². The minimum absolute atomic E-state index is 0.878. The highest BCUT2D eigenvalue weighted by Crippen LogP contribution is 2.39. The number of carbonyl (C=O) groups excluding carboxylic acids is 3. The molecule has 26 N–H and O–H groups in total. The number of aliphatic hydroxyl groups excluding tert-OH is 23. The summed E-state index contributed by atoms with van der Waals surface area (Å²) in [5.41, 5.74) is 0. The van der Waals surface area contributed by atoms with Gasteiger partial charge in [0.15, 0.2) is 50.3 Å². The smallest absolute Gasteiger partial charge is 0.217 e. The molecule has 0 radical (unpaired) electrons. The minimum atomic E-state index is -2.36. The number of rotatable bonds is 25. The molecule has 0 unspecified atom stereocenters. The molecule has 8 fully saturated rings. The maximum atomic E-state index is 12.9. The van der Waals surface area contributed by atoms with Gasteiger partial charge in [-0.1, -0.05) is 0 Å². The highest BCUT2D eigenvalue weighted by Gasteiger charge is 2.60. The van der Waals surface area contributed by atoms with Crippen LogP contribution in [0.3, 0.4) is 0 Å². The topological polar surface area (TPSA) is 691 Å². The summed E-state index contributed by atoms with van der Waals surface area (Å²) in [6.07, 6.45) is -74.1. The van der Waals surface area contributed by atoms with Gasteiger partial charge in [0.1, 0.15) is 195 Å². The molecule has 40 atom stereocenters. The van der Waals surface area contributed by atoms with E-state index < -0.39 is 316 Å². The fourth-order valence-corrected chi connectivity index (χ4v) is 12.6. The monoisotopic (exact) mass is 1440 g/mol. The van der Waals surface area contributed by atoms with Gasteiger partial charge in [-0.2, -0.15) is 0 Å². The van der Waals surface area contributed by atoms with Crippen molar-refractivity contribution in [1.82, 2.24) is 16.0 Å². The quantitative estimate of drug-likeness (QED) is 0.0404. The van der Waals surface area contributed by atoms with Gasteiger partial charge >= 0.3 is 0 Å². The lowest BCUT2D eigenvalue weighted by Gasteiger charge is -2.50. The Bertz CT molecular complexity index is 2510. The Hall–Kier alpha value is -3.11. The Morgan fingerprint density at radius 1 is 0.265 bits per heavy atom. The van der Waals surface area contributed by atoms with E-state index in [0.717, 1.165) is 20.8 Å². The van der Waals surface area contributed by atoms with Crippen LogP contribution in [0.15, 0.2) is 0 Å². The Labute approximate surface area is 554 Å². The van der Waals surface area contributed by atoms with E-state index in [1.807, 2.05) is 0 Å². The molecule has 0 aromatic heterocycles. The molecule has 568 valence electrons. The van der Waals surface area contributed by atoms with Crippen LogP contribution in [0.4, 0.5) is 0 Å². The van der Waals surface area contributed by atoms with E-state index >= 15 is 0 Å². The lowest BCUT2D eigenvalue weighted by Crippen LogP contribution is -2.70. The zero-order valence-corrected chi connectivity index (χ0v) is 52.4. The molecule has 0 aromatic carbocycles. The molecule has 98 heavy (non-hydrogen) atoms. The summed E-state index contributed by atoms with van der Waals surface area (Å²) in [7, 11) is 0. The van der Waals surface area contributed by atoms with Crippen LogP contribution in [0.2, 0.25) is 0 Å². The standard InChI is InChI=1S/C54H91N3O41/c1-12(65)55-23-32(74)41(93-53-39(81)45(30(72)19(8-62)90-53)97-49-24(56-13(2)66)43(28(70)17(6-60)86-49)95-51-37(79)33(75)26(68)15(4-58)88-51)21(10-64)91-48(23)84-11-22-31(73)46(40(82)54(92-22)94-42-20(9-63)85-47(83)36(78)35(42)77)98-50-25(57-14(3)67)44(29(71)18(7-61)87-50)96-52-38(80)34(76)27(69)16(5-59)89-52/h15-54,58-64,68-83H,4-11H2,1-3H3,(H,55,65)(H,56,66)(H,57,67)/t15-,16-,17-,18-,19-,20-,21-,22-,23-,24+,25-,26+,27+,28-,29-,30+,31+,32-,33+,34+,35-,36-,37-,38-,39-,40-,41-,42-,43-,44-,45+,46+,47-,48-,49+,50+,51+,52+,53+,54+/m1/s1. The van der Waals surface area contributed by atoms with Crippen molar-refractivity contribution in [1.29, 1.82) is 0 Å². The number of amides is 3. The van der Waals surface area contributed by atoms with Crippen molar-refractivity contribution in [2.75, 3.05) is 52.9 Å². The van der Waals surface area contributed by atoms with Gasteiger partial charge in [0, 0.05) is 20.8 Å². The fourth-order valence-electron chi connectivity index (χ4n) is 12.6. The number of ether oxygens (including phenoxy) is 15. The van der Waals surface area contributed by atoms with E-state index in [-0.39, 0.29) is 0 Å². The van der Waals surface area contributed by atoms with E-state index in [2.05, 4.69) is 16.0 Å². The first-order valence-electron chi connectivity index (χ1n) is 31.1. The van der Waals surface area contributed by atoms with Gasteiger partial charge in [0.25, 0.3) is 0 Å². The van der Waals surface area contributed by atoms with Crippen molar-refractivity contribution >= 4 is 17.7 Å². The van der Waals surface area contributed by atoms with Crippen LogP contribution in [0.25, 0.3) is 0 Å². The highest BCUT2D eigenvalue weighted by atomic mass is 16.8. The average molecular weight is 1440 g/mol. The lowest BCUT2D eigenvalue weighted by molar-refractivity contribution is -0.385. The highest BCUT2D eigenvalue weighted by molar-refractivity contribution is 5.74. The fraction of sp³-hybridized carbons (Fsp3) is 0.944. The van der Waals surface area contributed by atoms with Crippen molar-refractivity contribution in [3.05, 3.63) is 0 Å². The third-order valence-corrected chi connectivity index (χ3v) is 17.8. The predicted molar refractivity (Wildman–Crippen MR) is 299 cm³/mol. The average Bonchev–Trinajstić information content (AvgIpc) is 0.775. The largest absolute Gasteiger partial charge is 0.394 e. The second kappa shape index (κ2) is 35.1. The van der Waals surface area contributed by atoms with Crippen LogP contribution >= 0.6 is 0 Å². The van der Waals surface area contributed by atoms with Crippen LogP contribution in [0.5, 0.6) is 0 Å². The van der Waals surface area contributed by atoms with Crippen LogP contribution < -0.4 is 16.0 Å². The molecule has 8 saturated heterocycles. The number of carbonyl (C=O) groups is 3. The Morgan fingerprint density at radius 2 is 0.551 bits per heavy atom. The SMILES string of the molecule is CC(=O)N[C@@H]1[C@H](O[C@H]2[C@@H](O)[C@@H](CO)O[C@@H](O[C@H]3[C@H](O)[C@@H](NC(C)=O)[C@H](OC[C@H]4O[C@@H](O[C@H]5[C@H](O)[C@@H](O)[C@H](O)O[C@@H]5CO)[C@H](O)[C@@H](O[C@@H]5O[C@H](CO)[C@@H](O)[C@H](O[C@@H]6O[C@H](CO)[C@H](O)[C@H](O)[C@H]6O)[C@H]5NC(C)=O)[C@H]4O)O[C@@H]3CO)[C@@H]2O)O[C@H](CO)[C@@H](O)[C@@H]1O[C@@H]1O[C@H](CO)[C@H](O)[C@H](O)[C@H]1O. The Kier molecular flexibility index (Phi) is 28.9. The molecule has 0 aromatic rings. The molecule has 0 spiro atoms. The van der Waals surface area contributed by atoms with Crippen LogP contribution in [-0.4, -0.2) is 433 Å². The second-order valence-electron chi connectivity index (χ2n) is 24.6. The molecule has 44 nitrogen and oxygen atoms in total. The van der Waals surface area contributed by atoms with Crippen LogP contribution in [0.1, 0.15) is 20.8 Å². The number of hydrogen-bond donors (Lipinski definition) is 26. The zero-order chi connectivity index (χ0) is 72.2. The van der Waals surface area contributed by atoms with E-state index in [9.17, 15) is 132 Å². The summed E-state index contributed by atoms with van der Waals surface area (Å²) in [5, 5.41) is 257. The van der Waals surface area contributed by atoms with E-state index in [0.29, 0.717) is 0 Å². The summed E-state index contributed by atoms with van der Waals surface area (Å²) in [6, 6.07) is -5.51. The molecule has 44 heteroatoms. The van der Waals surface area contributed by atoms with Gasteiger partial charge in [0.05, 0.1) is 52.9 Å². The maximum Gasteiger partial charge on any atom is 0.217 e. The minimum Gasteiger partial charge on any atom is -0.394 e. The van der Waals surface area contributed by atoms with Gasteiger partial charge in [0.2, 0.25) is 17.7 Å². The summed E-state index contributed by atoms with van der Waals surface area (Å²) >= 11 is 0. The third-order valence-electron chi connectivity index (χ3n) is 17.8. The Balaban J connectivity index is 1.05. The summed E-state index contributed by atoms with van der Waals surface area (Å²) < 4.78 is 87.2. The predicted octanol–water partition coefficient (Wildman–Crippen LogP) is -18.0. The van der Waals surface area contributed by atoms with E-state index in [4.69, 9.17) is 71.1 Å². The van der Waals surface area contributed by atoms with Gasteiger partial charge in [-0.05, 0) is 0 Å². The number of aliphatic hydroxyl groups is 23. The van der Waals surface area contributed by atoms with Crippen molar-refractivity contribution in [2.24, 2.45) is 0 Å². The van der Waals surface area contributed by atoms with Crippen molar-refractivity contribution in [3.8, 4) is 0 Å². The first-order valence-corrected chi connectivity index (χ1v) is 31.1. The van der Waals surface area contributed by atoms with Gasteiger partial charge in [-0.25, -0.2) is 0 Å². The van der Waals surface area contributed by atoms with E-state index in [1.54, 1.807) is 0 Å².